The van der Waals surface area contributed by atoms with E-state index in [1.54, 1.807) is 12.4 Å². The Labute approximate surface area is 191 Å². The van der Waals surface area contributed by atoms with Crippen molar-refractivity contribution >= 4 is 5.97 Å². The van der Waals surface area contributed by atoms with Crippen molar-refractivity contribution in [3.05, 3.63) is 95.6 Å². The van der Waals surface area contributed by atoms with Gasteiger partial charge in [-0.2, -0.15) is 0 Å². The average molecular weight is 432 g/mol. The number of carbonyl (C=O) groups excluding carboxylic acids is 1. The zero-order valence-electron chi connectivity index (χ0n) is 19.3. The van der Waals surface area contributed by atoms with E-state index in [1.807, 2.05) is 55.5 Å². The molecule has 3 rings (SSSR count). The summed E-state index contributed by atoms with van der Waals surface area (Å²) in [5, 5.41) is 0. The quantitative estimate of drug-likeness (QED) is 0.399. The average Bonchev–Trinajstić information content (AvgIpc) is 2.80. The van der Waals surface area contributed by atoms with Crippen molar-refractivity contribution in [1.29, 1.82) is 0 Å². The van der Waals surface area contributed by atoms with Crippen LogP contribution in [0.3, 0.4) is 0 Å². The first kappa shape index (κ1) is 23.6. The number of rotatable bonds is 11. The molecule has 3 aromatic rings. The highest BCUT2D eigenvalue weighted by Crippen LogP contribution is 2.19. The van der Waals surface area contributed by atoms with Crippen LogP contribution in [0, 0.1) is 5.92 Å². The van der Waals surface area contributed by atoms with Crippen molar-refractivity contribution in [2.24, 2.45) is 5.92 Å². The van der Waals surface area contributed by atoms with Crippen LogP contribution in [-0.4, -0.2) is 34.0 Å². The number of hydrogen-bond acceptors (Lipinski definition) is 5. The van der Waals surface area contributed by atoms with Crippen LogP contribution in [0.2, 0.25) is 0 Å². The summed E-state index contributed by atoms with van der Waals surface area (Å²) in [7, 11) is 0. The van der Waals surface area contributed by atoms with Crippen LogP contribution in [-0.2, 0) is 29.0 Å². The lowest BCUT2D eigenvalue weighted by Crippen LogP contribution is -2.29. The highest BCUT2D eigenvalue weighted by atomic mass is 16.5. The molecule has 0 aliphatic rings. The summed E-state index contributed by atoms with van der Waals surface area (Å²) < 4.78 is 5.64. The van der Waals surface area contributed by atoms with Crippen LogP contribution in [0.5, 0.6) is 0 Å². The second-order valence-electron chi connectivity index (χ2n) is 8.58. The normalized spacial score (nSPS) is 12.2. The van der Waals surface area contributed by atoms with E-state index in [4.69, 9.17) is 4.74 Å². The van der Waals surface area contributed by atoms with Gasteiger partial charge >= 0.3 is 5.97 Å². The Hall–Kier alpha value is -3.05. The van der Waals surface area contributed by atoms with E-state index in [9.17, 15) is 4.79 Å². The van der Waals surface area contributed by atoms with Gasteiger partial charge in [-0.3, -0.25) is 19.7 Å². The number of nitrogens with zero attached hydrogens (tertiary/aromatic N) is 3. The zero-order valence-corrected chi connectivity index (χ0v) is 19.3. The first-order chi connectivity index (χ1) is 15.5. The summed E-state index contributed by atoms with van der Waals surface area (Å²) in [4.78, 5) is 23.7. The molecule has 5 heteroatoms. The third-order valence-electron chi connectivity index (χ3n) is 5.35. The van der Waals surface area contributed by atoms with E-state index in [0.29, 0.717) is 32.2 Å². The van der Waals surface area contributed by atoms with E-state index in [0.717, 1.165) is 23.4 Å². The lowest BCUT2D eigenvalue weighted by atomic mass is 9.97. The van der Waals surface area contributed by atoms with Crippen LogP contribution in [0.4, 0.5) is 0 Å². The minimum atomic E-state index is -0.289. The Morgan fingerprint density at radius 2 is 1.47 bits per heavy atom. The van der Waals surface area contributed by atoms with Gasteiger partial charge in [0.25, 0.3) is 0 Å². The largest absolute Gasteiger partial charge is 0.464 e. The van der Waals surface area contributed by atoms with E-state index >= 15 is 0 Å². The van der Waals surface area contributed by atoms with Gasteiger partial charge in [-0.05, 0) is 54.7 Å². The summed E-state index contributed by atoms with van der Waals surface area (Å²) in [6.07, 6.45) is 4.63. The first-order valence-corrected chi connectivity index (χ1v) is 11.3. The van der Waals surface area contributed by atoms with Crippen molar-refractivity contribution in [2.45, 2.75) is 46.2 Å². The Balaban J connectivity index is 1.55. The van der Waals surface area contributed by atoms with Crippen LogP contribution in [0.15, 0.2) is 73.1 Å². The van der Waals surface area contributed by atoms with Gasteiger partial charge in [0.05, 0.1) is 17.3 Å². The van der Waals surface area contributed by atoms with E-state index in [2.05, 4.69) is 40.8 Å². The van der Waals surface area contributed by atoms with Crippen molar-refractivity contribution < 1.29 is 9.53 Å². The zero-order chi connectivity index (χ0) is 22.8. The monoisotopic (exact) mass is 431 g/mol. The molecule has 168 valence electrons. The van der Waals surface area contributed by atoms with Gasteiger partial charge in [0.15, 0.2) is 0 Å². The molecule has 0 aliphatic carbocycles. The van der Waals surface area contributed by atoms with Crippen molar-refractivity contribution in [3.8, 4) is 0 Å². The minimum Gasteiger partial charge on any atom is -0.464 e. The summed E-state index contributed by atoms with van der Waals surface area (Å²) in [5.41, 5.74) is 4.24. The number of carbonyl (C=O) groups is 1. The number of esters is 1. The lowest BCUT2D eigenvalue weighted by Gasteiger charge is -2.22. The van der Waals surface area contributed by atoms with Crippen molar-refractivity contribution in [1.82, 2.24) is 14.9 Å². The number of aromatic nitrogens is 2. The van der Waals surface area contributed by atoms with Gasteiger partial charge in [-0.1, -0.05) is 50.2 Å². The molecule has 1 unspecified atom stereocenters. The molecular formula is C27H33N3O2. The standard InChI is InChI=1S/C27H33N3O2/c1-21(2)18-23-10-12-24(13-11-23)22(3)27(31)32-17-16-30(19-25-8-4-6-14-28-25)20-26-9-5-7-15-29-26/h4-15,21-22H,16-20H2,1-3H3. The number of hydrogen-bond donors (Lipinski definition) is 0. The van der Waals surface area contributed by atoms with Crippen LogP contribution in [0.25, 0.3) is 0 Å². The summed E-state index contributed by atoms with van der Waals surface area (Å²) in [5.74, 6) is 0.128. The molecule has 1 atom stereocenters. The Morgan fingerprint density at radius 1 is 0.875 bits per heavy atom. The molecule has 0 N–H and O–H groups in total. The molecule has 0 spiro atoms. The third-order valence-corrected chi connectivity index (χ3v) is 5.35. The Kier molecular flexibility index (Phi) is 8.93. The van der Waals surface area contributed by atoms with Crippen LogP contribution < -0.4 is 0 Å². The molecule has 0 fully saturated rings. The number of benzene rings is 1. The molecule has 1 aromatic carbocycles. The highest BCUT2D eigenvalue weighted by molar-refractivity contribution is 5.77. The second-order valence-corrected chi connectivity index (χ2v) is 8.58. The van der Waals surface area contributed by atoms with Crippen LogP contribution in [0.1, 0.15) is 49.2 Å². The topological polar surface area (TPSA) is 55.3 Å². The van der Waals surface area contributed by atoms with E-state index in [1.165, 1.54) is 5.56 Å². The maximum Gasteiger partial charge on any atom is 0.313 e. The number of pyridine rings is 2. The van der Waals surface area contributed by atoms with Crippen molar-refractivity contribution in [2.75, 3.05) is 13.2 Å². The smallest absolute Gasteiger partial charge is 0.313 e. The van der Waals surface area contributed by atoms with E-state index in [-0.39, 0.29) is 11.9 Å². The van der Waals surface area contributed by atoms with Gasteiger partial charge in [0.2, 0.25) is 0 Å². The molecule has 0 bridgehead atoms. The maximum atomic E-state index is 12.6. The van der Waals surface area contributed by atoms with Crippen LogP contribution >= 0.6 is 0 Å². The molecule has 0 aliphatic heterocycles. The predicted octanol–water partition coefficient (Wildman–Crippen LogP) is 5.02. The fourth-order valence-electron chi connectivity index (χ4n) is 3.61. The summed E-state index contributed by atoms with van der Waals surface area (Å²) in [6.45, 7) is 8.59. The highest BCUT2D eigenvalue weighted by Gasteiger charge is 2.18. The SMILES string of the molecule is CC(C)Cc1ccc(C(C)C(=O)OCCN(Cc2ccccn2)Cc2ccccn2)cc1. The molecule has 2 aromatic heterocycles. The molecule has 5 nitrogen and oxygen atoms in total. The molecule has 0 radical (unpaired) electrons. The first-order valence-electron chi connectivity index (χ1n) is 11.3. The van der Waals surface area contributed by atoms with Gasteiger partial charge in [-0.25, -0.2) is 0 Å². The van der Waals surface area contributed by atoms with Crippen molar-refractivity contribution in [3.63, 3.8) is 0 Å². The maximum absolute atomic E-state index is 12.6. The molecule has 0 saturated carbocycles. The van der Waals surface area contributed by atoms with E-state index < -0.39 is 0 Å². The summed E-state index contributed by atoms with van der Waals surface area (Å²) in [6, 6.07) is 20.1. The molecule has 2 heterocycles. The molecular weight excluding hydrogens is 398 g/mol. The molecule has 32 heavy (non-hydrogen) atoms. The van der Waals surface area contributed by atoms with Gasteiger partial charge < -0.3 is 4.74 Å². The van der Waals surface area contributed by atoms with Gasteiger partial charge in [0.1, 0.15) is 6.61 Å². The Bertz CT molecular complexity index is 902. The van der Waals surface area contributed by atoms with Gasteiger partial charge in [-0.15, -0.1) is 0 Å². The lowest BCUT2D eigenvalue weighted by molar-refractivity contribution is -0.145. The predicted molar refractivity (Wildman–Crippen MR) is 127 cm³/mol. The summed E-state index contributed by atoms with van der Waals surface area (Å²) >= 11 is 0. The molecule has 0 amide bonds. The third kappa shape index (κ3) is 7.57. The second kappa shape index (κ2) is 12.1. The fourth-order valence-corrected chi connectivity index (χ4v) is 3.61. The molecule has 0 saturated heterocycles. The fraction of sp³-hybridized carbons (Fsp3) is 0.370. The van der Waals surface area contributed by atoms with Gasteiger partial charge in [0, 0.05) is 32.0 Å². The Morgan fingerprint density at radius 3 is 1.97 bits per heavy atom. The number of ether oxygens (including phenoxy) is 1. The minimum absolute atomic E-state index is 0.197.